The minimum atomic E-state index is -0.722. The fourth-order valence-electron chi connectivity index (χ4n) is 1.46. The summed E-state index contributed by atoms with van der Waals surface area (Å²) < 4.78 is 16.8. The van der Waals surface area contributed by atoms with E-state index in [1.54, 1.807) is 6.26 Å². The molecule has 4 heteroatoms. The molecule has 1 N–H and O–H groups in total. The van der Waals surface area contributed by atoms with Crippen LogP contribution in [0.2, 0.25) is 0 Å². The molecule has 0 spiro atoms. The summed E-state index contributed by atoms with van der Waals surface area (Å²) in [6.07, 6.45) is 1.65. The van der Waals surface area contributed by atoms with Crippen molar-refractivity contribution in [3.05, 3.63) is 24.2 Å². The Bertz CT molecular complexity index is 297. The minimum absolute atomic E-state index is 0.132. The molecule has 3 nitrogen and oxygen atoms in total. The molecular formula is C9H13NO2S. The molecule has 0 bridgehead atoms. The van der Waals surface area contributed by atoms with E-state index >= 15 is 0 Å². The fourth-order valence-corrected chi connectivity index (χ4v) is 2.68. The first-order chi connectivity index (χ1) is 6.27. The number of hydrogen-bond donors (Lipinski definition) is 1. The average molecular weight is 199 g/mol. The van der Waals surface area contributed by atoms with Crippen molar-refractivity contribution in [3.63, 3.8) is 0 Å². The summed E-state index contributed by atoms with van der Waals surface area (Å²) >= 11 is 0. The molecule has 1 saturated heterocycles. The van der Waals surface area contributed by atoms with Gasteiger partial charge in [-0.15, -0.1) is 0 Å². The van der Waals surface area contributed by atoms with Gasteiger partial charge < -0.3 is 9.73 Å². The standard InChI is InChI=1S/C9H13NO2S/c1-7-5-10-8(6-13(7)11)9-3-2-4-12-9/h2-4,7-8,10H,5-6H2,1H3. The molecule has 1 aromatic rings. The molecule has 0 aromatic carbocycles. The van der Waals surface area contributed by atoms with Crippen LogP contribution in [0, 0.1) is 0 Å². The van der Waals surface area contributed by atoms with Crippen molar-refractivity contribution < 1.29 is 8.63 Å². The van der Waals surface area contributed by atoms with Gasteiger partial charge in [-0.1, -0.05) is 0 Å². The Morgan fingerprint density at radius 2 is 2.54 bits per heavy atom. The molecule has 1 aliphatic heterocycles. The molecule has 2 rings (SSSR count). The first kappa shape index (κ1) is 8.97. The predicted octanol–water partition coefficient (Wildman–Crippen LogP) is 1.06. The van der Waals surface area contributed by atoms with Crippen molar-refractivity contribution in [1.82, 2.24) is 5.32 Å². The van der Waals surface area contributed by atoms with Crippen molar-refractivity contribution in [3.8, 4) is 0 Å². The molecule has 2 heterocycles. The first-order valence-corrected chi connectivity index (χ1v) is 5.79. The van der Waals surface area contributed by atoms with E-state index in [4.69, 9.17) is 4.42 Å². The summed E-state index contributed by atoms with van der Waals surface area (Å²) in [7, 11) is -0.722. The van der Waals surface area contributed by atoms with Crippen LogP contribution in [0.1, 0.15) is 18.7 Å². The van der Waals surface area contributed by atoms with Gasteiger partial charge in [0.05, 0.1) is 12.3 Å². The molecular weight excluding hydrogens is 186 g/mol. The maximum Gasteiger partial charge on any atom is 0.121 e. The highest BCUT2D eigenvalue weighted by Gasteiger charge is 2.26. The lowest BCUT2D eigenvalue weighted by molar-refractivity contribution is 0.424. The van der Waals surface area contributed by atoms with E-state index in [2.05, 4.69) is 5.32 Å². The molecule has 1 fully saturated rings. The van der Waals surface area contributed by atoms with E-state index in [0.29, 0.717) is 5.75 Å². The molecule has 0 aliphatic carbocycles. The number of hydrogen-bond acceptors (Lipinski definition) is 3. The zero-order valence-corrected chi connectivity index (χ0v) is 8.34. The SMILES string of the molecule is CC1CNC(c2ccco2)CS1=O. The van der Waals surface area contributed by atoms with Crippen LogP contribution >= 0.6 is 0 Å². The quantitative estimate of drug-likeness (QED) is 0.735. The van der Waals surface area contributed by atoms with Crippen LogP contribution in [0.3, 0.4) is 0 Å². The lowest BCUT2D eigenvalue weighted by atomic mass is 10.2. The lowest BCUT2D eigenvalue weighted by Gasteiger charge is -2.25. The molecule has 13 heavy (non-hydrogen) atoms. The van der Waals surface area contributed by atoms with Crippen molar-refractivity contribution in [1.29, 1.82) is 0 Å². The summed E-state index contributed by atoms with van der Waals surface area (Å²) in [5.41, 5.74) is 0. The van der Waals surface area contributed by atoms with Crippen molar-refractivity contribution in [2.45, 2.75) is 18.2 Å². The van der Waals surface area contributed by atoms with Gasteiger partial charge in [-0.25, -0.2) is 0 Å². The highest BCUT2D eigenvalue weighted by atomic mass is 32.2. The van der Waals surface area contributed by atoms with Crippen LogP contribution in [0.4, 0.5) is 0 Å². The molecule has 1 aromatic heterocycles. The molecule has 3 unspecified atom stereocenters. The lowest BCUT2D eigenvalue weighted by Crippen LogP contribution is -2.41. The third kappa shape index (κ3) is 1.84. The summed E-state index contributed by atoms with van der Waals surface area (Å²) in [6.45, 7) is 2.81. The van der Waals surface area contributed by atoms with Crippen molar-refractivity contribution in [2.24, 2.45) is 0 Å². The van der Waals surface area contributed by atoms with Crippen LogP contribution in [-0.2, 0) is 10.8 Å². The normalized spacial score (nSPS) is 34.7. The van der Waals surface area contributed by atoms with E-state index < -0.39 is 10.8 Å². The second-order valence-electron chi connectivity index (χ2n) is 3.33. The Morgan fingerprint density at radius 1 is 1.69 bits per heavy atom. The third-order valence-corrected chi connectivity index (χ3v) is 4.04. The Hall–Kier alpha value is -0.610. The van der Waals surface area contributed by atoms with E-state index in [9.17, 15) is 4.21 Å². The second-order valence-corrected chi connectivity index (χ2v) is 5.23. The van der Waals surface area contributed by atoms with E-state index in [1.165, 1.54) is 0 Å². The van der Waals surface area contributed by atoms with Crippen molar-refractivity contribution >= 4 is 10.8 Å². The highest BCUT2D eigenvalue weighted by Crippen LogP contribution is 2.19. The van der Waals surface area contributed by atoms with E-state index in [0.717, 1.165) is 12.3 Å². The molecule has 0 saturated carbocycles. The molecule has 0 amide bonds. The molecule has 0 radical (unpaired) electrons. The zero-order chi connectivity index (χ0) is 9.26. The molecule has 72 valence electrons. The van der Waals surface area contributed by atoms with Crippen molar-refractivity contribution in [2.75, 3.05) is 12.3 Å². The molecule has 1 aliphatic rings. The summed E-state index contributed by atoms with van der Waals surface area (Å²) in [5, 5.41) is 3.57. The van der Waals surface area contributed by atoms with E-state index in [1.807, 2.05) is 19.1 Å². The Kier molecular flexibility index (Phi) is 2.51. The van der Waals surface area contributed by atoms with Gasteiger partial charge in [-0.2, -0.15) is 0 Å². The summed E-state index contributed by atoms with van der Waals surface area (Å²) in [4.78, 5) is 0. The van der Waals surface area contributed by atoms with Gasteiger partial charge in [0.1, 0.15) is 5.76 Å². The fraction of sp³-hybridized carbons (Fsp3) is 0.556. The topological polar surface area (TPSA) is 42.2 Å². The van der Waals surface area contributed by atoms with Crippen LogP contribution < -0.4 is 5.32 Å². The van der Waals surface area contributed by atoms with Crippen LogP contribution in [0.15, 0.2) is 22.8 Å². The van der Waals surface area contributed by atoms with Gasteiger partial charge in [-0.05, 0) is 19.1 Å². The van der Waals surface area contributed by atoms with Gasteiger partial charge in [0.15, 0.2) is 0 Å². The van der Waals surface area contributed by atoms with Crippen LogP contribution in [-0.4, -0.2) is 21.8 Å². The monoisotopic (exact) mass is 199 g/mol. The highest BCUT2D eigenvalue weighted by molar-refractivity contribution is 7.85. The summed E-state index contributed by atoms with van der Waals surface area (Å²) in [6, 6.07) is 3.91. The summed E-state index contributed by atoms with van der Waals surface area (Å²) in [5.74, 6) is 1.55. The number of nitrogens with one attached hydrogen (secondary N) is 1. The van der Waals surface area contributed by atoms with Gasteiger partial charge in [0.25, 0.3) is 0 Å². The number of furan rings is 1. The number of rotatable bonds is 1. The Balaban J connectivity index is 2.08. The minimum Gasteiger partial charge on any atom is -0.468 e. The predicted molar refractivity (Wildman–Crippen MR) is 51.9 cm³/mol. The Labute approximate surface area is 80.0 Å². The van der Waals surface area contributed by atoms with Crippen LogP contribution in [0.5, 0.6) is 0 Å². The smallest absolute Gasteiger partial charge is 0.121 e. The maximum atomic E-state index is 11.5. The van der Waals surface area contributed by atoms with Crippen LogP contribution in [0.25, 0.3) is 0 Å². The maximum absolute atomic E-state index is 11.5. The molecule has 3 atom stereocenters. The van der Waals surface area contributed by atoms with Gasteiger partial charge in [0, 0.05) is 28.3 Å². The third-order valence-electron chi connectivity index (χ3n) is 2.32. The second kappa shape index (κ2) is 3.64. The van der Waals surface area contributed by atoms with Gasteiger partial charge in [0.2, 0.25) is 0 Å². The largest absolute Gasteiger partial charge is 0.468 e. The zero-order valence-electron chi connectivity index (χ0n) is 7.53. The first-order valence-electron chi connectivity index (χ1n) is 4.41. The van der Waals surface area contributed by atoms with E-state index in [-0.39, 0.29) is 11.3 Å². The van der Waals surface area contributed by atoms with Gasteiger partial charge >= 0.3 is 0 Å². The Morgan fingerprint density at radius 3 is 3.15 bits per heavy atom. The average Bonchev–Trinajstić information content (AvgIpc) is 2.62. The van der Waals surface area contributed by atoms with Gasteiger partial charge in [-0.3, -0.25) is 4.21 Å².